The summed E-state index contributed by atoms with van der Waals surface area (Å²) in [6.07, 6.45) is -4.62. The summed E-state index contributed by atoms with van der Waals surface area (Å²) in [6.45, 7) is 1.75. The maximum atomic E-state index is 14.1. The quantitative estimate of drug-likeness (QED) is 0.834. The molecule has 0 aliphatic carbocycles. The SMILES string of the molecule is CC1CC(NC(=O)c2ccc(-c3noc(C(F)(F)F)n3)cc2F)=NO1. The maximum absolute atomic E-state index is 14.1. The smallest absolute Gasteiger partial charge is 0.391 e. The summed E-state index contributed by atoms with van der Waals surface area (Å²) in [5.41, 5.74) is -0.381. The summed E-state index contributed by atoms with van der Waals surface area (Å²) >= 11 is 0. The fourth-order valence-electron chi connectivity index (χ4n) is 2.07. The van der Waals surface area contributed by atoms with Crippen molar-refractivity contribution in [3.8, 4) is 11.4 Å². The number of hydrogen-bond donors (Lipinski definition) is 1. The van der Waals surface area contributed by atoms with Crippen LogP contribution in [0.5, 0.6) is 0 Å². The molecule has 2 aromatic rings. The number of nitrogens with zero attached hydrogens (tertiary/aromatic N) is 3. The Morgan fingerprint density at radius 1 is 1.36 bits per heavy atom. The monoisotopic (exact) mass is 358 g/mol. The molecule has 1 amide bonds. The molecule has 1 unspecified atom stereocenters. The number of amidine groups is 1. The number of benzene rings is 1. The van der Waals surface area contributed by atoms with E-state index in [9.17, 15) is 22.4 Å². The largest absolute Gasteiger partial charge is 0.471 e. The molecule has 0 saturated heterocycles. The molecule has 0 saturated carbocycles. The van der Waals surface area contributed by atoms with E-state index in [-0.39, 0.29) is 23.1 Å². The lowest BCUT2D eigenvalue weighted by atomic mass is 10.1. The van der Waals surface area contributed by atoms with E-state index < -0.39 is 29.6 Å². The van der Waals surface area contributed by atoms with Gasteiger partial charge in [0.1, 0.15) is 11.9 Å². The highest BCUT2D eigenvalue weighted by Gasteiger charge is 2.38. The highest BCUT2D eigenvalue weighted by molar-refractivity contribution is 6.06. The molecule has 1 atom stereocenters. The van der Waals surface area contributed by atoms with Crippen LogP contribution in [0.15, 0.2) is 27.9 Å². The van der Waals surface area contributed by atoms with E-state index in [1.165, 1.54) is 6.07 Å². The van der Waals surface area contributed by atoms with Gasteiger partial charge in [-0.15, -0.1) is 0 Å². The van der Waals surface area contributed by atoms with Crippen LogP contribution in [0.2, 0.25) is 0 Å². The second-order valence-corrected chi connectivity index (χ2v) is 5.23. The minimum atomic E-state index is -4.80. The molecule has 1 aromatic carbocycles. The van der Waals surface area contributed by atoms with Crippen LogP contribution < -0.4 is 5.32 Å². The van der Waals surface area contributed by atoms with Gasteiger partial charge in [0.15, 0.2) is 5.84 Å². The fraction of sp³-hybridized carbons (Fsp3) is 0.286. The number of aromatic nitrogens is 2. The molecule has 7 nitrogen and oxygen atoms in total. The van der Waals surface area contributed by atoms with Crippen LogP contribution in [0.25, 0.3) is 11.4 Å². The van der Waals surface area contributed by atoms with E-state index in [0.717, 1.165) is 12.1 Å². The number of alkyl halides is 3. The van der Waals surface area contributed by atoms with Crippen molar-refractivity contribution >= 4 is 11.7 Å². The molecule has 25 heavy (non-hydrogen) atoms. The highest BCUT2D eigenvalue weighted by atomic mass is 19.4. The first-order valence-electron chi connectivity index (χ1n) is 6.99. The van der Waals surface area contributed by atoms with E-state index >= 15 is 0 Å². The Kier molecular flexibility index (Phi) is 4.15. The molecule has 1 aliphatic heterocycles. The summed E-state index contributed by atoms with van der Waals surface area (Å²) in [6, 6.07) is 3.15. The Morgan fingerprint density at radius 2 is 2.12 bits per heavy atom. The lowest BCUT2D eigenvalue weighted by Crippen LogP contribution is -2.30. The van der Waals surface area contributed by atoms with Gasteiger partial charge in [-0.1, -0.05) is 16.4 Å². The van der Waals surface area contributed by atoms with Crippen LogP contribution in [-0.2, 0) is 11.0 Å². The zero-order valence-corrected chi connectivity index (χ0v) is 12.6. The van der Waals surface area contributed by atoms with Crippen LogP contribution in [0, 0.1) is 5.82 Å². The molecule has 1 aliphatic rings. The van der Waals surface area contributed by atoms with E-state index in [1.54, 1.807) is 6.92 Å². The average molecular weight is 358 g/mol. The van der Waals surface area contributed by atoms with Gasteiger partial charge in [-0.05, 0) is 19.1 Å². The topological polar surface area (TPSA) is 89.6 Å². The van der Waals surface area contributed by atoms with Gasteiger partial charge in [0, 0.05) is 12.0 Å². The molecule has 0 spiro atoms. The van der Waals surface area contributed by atoms with Crippen molar-refractivity contribution in [1.29, 1.82) is 0 Å². The van der Waals surface area contributed by atoms with Crippen molar-refractivity contribution in [2.75, 3.05) is 0 Å². The molecule has 0 fully saturated rings. The molecule has 0 bridgehead atoms. The summed E-state index contributed by atoms with van der Waals surface area (Å²) in [7, 11) is 0. The number of nitrogens with one attached hydrogen (secondary N) is 1. The highest BCUT2D eigenvalue weighted by Crippen LogP contribution is 2.29. The summed E-state index contributed by atoms with van der Waals surface area (Å²) in [4.78, 5) is 20.1. The normalized spacial score (nSPS) is 17.2. The van der Waals surface area contributed by atoms with Gasteiger partial charge in [0.05, 0.1) is 5.56 Å². The number of hydrogen-bond acceptors (Lipinski definition) is 6. The van der Waals surface area contributed by atoms with Crippen molar-refractivity contribution in [1.82, 2.24) is 15.5 Å². The standard InChI is InChI=1S/C14H10F4N4O3/c1-6-4-10(21-24-6)19-12(23)8-3-2-7(5-9(8)15)11-20-13(25-22-11)14(16,17)18/h2-3,5-6H,4H2,1H3,(H,19,21,23). The minimum Gasteiger partial charge on any atom is -0.391 e. The first-order valence-corrected chi connectivity index (χ1v) is 6.99. The Balaban J connectivity index is 1.79. The average Bonchev–Trinajstić information content (AvgIpc) is 3.16. The molecular weight excluding hydrogens is 348 g/mol. The molecule has 132 valence electrons. The van der Waals surface area contributed by atoms with Crippen LogP contribution >= 0.6 is 0 Å². The van der Waals surface area contributed by atoms with Crippen molar-refractivity contribution in [3.63, 3.8) is 0 Å². The number of amides is 1. The lowest BCUT2D eigenvalue weighted by Gasteiger charge is -2.05. The Morgan fingerprint density at radius 3 is 2.68 bits per heavy atom. The summed E-state index contributed by atoms with van der Waals surface area (Å²) in [5, 5.41) is 9.17. The molecule has 2 heterocycles. The lowest BCUT2D eigenvalue weighted by molar-refractivity contribution is -0.159. The number of carbonyl (C=O) groups excluding carboxylic acids is 1. The van der Waals surface area contributed by atoms with Gasteiger partial charge in [-0.2, -0.15) is 18.2 Å². The third-order valence-corrected chi connectivity index (χ3v) is 3.22. The van der Waals surface area contributed by atoms with E-state index in [4.69, 9.17) is 4.84 Å². The first-order chi connectivity index (χ1) is 11.7. The van der Waals surface area contributed by atoms with Gasteiger partial charge in [0.25, 0.3) is 5.91 Å². The number of halogens is 4. The maximum Gasteiger partial charge on any atom is 0.471 e. The number of rotatable bonds is 2. The molecule has 1 aromatic heterocycles. The number of carbonyl (C=O) groups is 1. The Labute approximate surface area is 137 Å². The Hall–Kier alpha value is -2.98. The first kappa shape index (κ1) is 16.9. The number of oxime groups is 1. The van der Waals surface area contributed by atoms with E-state index in [2.05, 4.69) is 25.1 Å². The van der Waals surface area contributed by atoms with E-state index in [1.807, 2.05) is 0 Å². The van der Waals surface area contributed by atoms with Gasteiger partial charge < -0.3 is 14.7 Å². The predicted molar refractivity (Wildman–Crippen MR) is 74.8 cm³/mol. The van der Waals surface area contributed by atoms with Crippen LogP contribution in [0.4, 0.5) is 17.6 Å². The zero-order chi connectivity index (χ0) is 18.2. The molecule has 11 heteroatoms. The molecule has 1 N–H and O–H groups in total. The second kappa shape index (κ2) is 6.15. The van der Waals surface area contributed by atoms with Gasteiger partial charge in [-0.25, -0.2) is 4.39 Å². The van der Waals surface area contributed by atoms with Crippen molar-refractivity contribution in [2.45, 2.75) is 25.6 Å². The third kappa shape index (κ3) is 3.59. The van der Waals surface area contributed by atoms with Gasteiger partial charge in [-0.3, -0.25) is 4.79 Å². The fourth-order valence-corrected chi connectivity index (χ4v) is 2.07. The van der Waals surface area contributed by atoms with Gasteiger partial charge >= 0.3 is 12.1 Å². The summed E-state index contributed by atoms with van der Waals surface area (Å²) in [5.74, 6) is -3.45. The van der Waals surface area contributed by atoms with Crippen molar-refractivity contribution in [2.24, 2.45) is 5.16 Å². The summed E-state index contributed by atoms with van der Waals surface area (Å²) < 4.78 is 55.5. The van der Waals surface area contributed by atoms with Crippen molar-refractivity contribution < 1.29 is 31.7 Å². The molecule has 3 rings (SSSR count). The predicted octanol–water partition coefficient (Wildman–Crippen LogP) is 2.75. The minimum absolute atomic E-state index is 0.0662. The van der Waals surface area contributed by atoms with Crippen molar-refractivity contribution in [3.05, 3.63) is 35.5 Å². The zero-order valence-electron chi connectivity index (χ0n) is 12.6. The van der Waals surface area contributed by atoms with Crippen LogP contribution in [0.1, 0.15) is 29.6 Å². The molecule has 0 radical (unpaired) electrons. The second-order valence-electron chi connectivity index (χ2n) is 5.23. The Bertz CT molecular complexity index is 847. The van der Waals surface area contributed by atoms with Crippen LogP contribution in [-0.4, -0.2) is 28.0 Å². The van der Waals surface area contributed by atoms with Crippen LogP contribution in [0.3, 0.4) is 0 Å². The van der Waals surface area contributed by atoms with Gasteiger partial charge in [0.2, 0.25) is 5.82 Å². The van der Waals surface area contributed by atoms with E-state index in [0.29, 0.717) is 6.42 Å². The third-order valence-electron chi connectivity index (χ3n) is 3.22. The molecular formula is C14H10F4N4O3.